The summed E-state index contributed by atoms with van der Waals surface area (Å²) in [4.78, 5) is 15.5. The van der Waals surface area contributed by atoms with Gasteiger partial charge in [0.2, 0.25) is 0 Å². The Balaban J connectivity index is 1.57. The highest BCUT2D eigenvalue weighted by Gasteiger charge is 2.15. The first-order chi connectivity index (χ1) is 14.1. The minimum atomic E-state index is -0.432. The number of imidazole rings is 1. The molecule has 0 saturated heterocycles. The van der Waals surface area contributed by atoms with Crippen LogP contribution in [0.25, 0.3) is 17.8 Å². The van der Waals surface area contributed by atoms with Gasteiger partial charge in [0.15, 0.2) is 5.75 Å². The number of rotatable bonds is 6. The van der Waals surface area contributed by atoms with Crippen LogP contribution in [0.4, 0.5) is 5.69 Å². The molecule has 0 atom stereocenters. The number of nitrogens with zero attached hydrogens (tertiary/aromatic N) is 3. The molecule has 0 bridgehead atoms. The molecule has 6 heteroatoms. The van der Waals surface area contributed by atoms with Crippen LogP contribution < -0.4 is 4.74 Å². The minimum Gasteiger partial charge on any atom is -0.482 e. The highest BCUT2D eigenvalue weighted by Crippen LogP contribution is 2.29. The topological polar surface area (TPSA) is 69.7 Å². The predicted molar refractivity (Wildman–Crippen MR) is 113 cm³/mol. The largest absolute Gasteiger partial charge is 0.482 e. The Hall–Kier alpha value is -3.93. The van der Waals surface area contributed by atoms with E-state index in [0.29, 0.717) is 0 Å². The van der Waals surface area contributed by atoms with Crippen molar-refractivity contribution in [3.05, 3.63) is 106 Å². The van der Waals surface area contributed by atoms with E-state index < -0.39 is 4.92 Å². The lowest BCUT2D eigenvalue weighted by Gasteiger charge is -2.07. The number of nitro benzene ring substituents is 1. The average molecular weight is 385 g/mol. The van der Waals surface area contributed by atoms with Crippen LogP contribution in [-0.2, 0) is 6.61 Å². The third-order valence-electron chi connectivity index (χ3n) is 4.50. The zero-order valence-corrected chi connectivity index (χ0v) is 15.9. The van der Waals surface area contributed by atoms with Gasteiger partial charge in [0.05, 0.1) is 10.6 Å². The summed E-state index contributed by atoms with van der Waals surface area (Å²) in [5, 5.41) is 11.3. The molecule has 0 N–H and O–H groups in total. The maximum atomic E-state index is 11.3. The quantitative estimate of drug-likeness (QED) is 0.334. The van der Waals surface area contributed by atoms with E-state index in [1.165, 1.54) is 6.07 Å². The Morgan fingerprint density at radius 2 is 1.93 bits per heavy atom. The molecule has 4 rings (SSSR count). The zero-order valence-electron chi connectivity index (χ0n) is 15.9. The van der Waals surface area contributed by atoms with Gasteiger partial charge in [0.25, 0.3) is 0 Å². The molecular formula is C23H19N3O3. The SMILES string of the molecule is Cc1ccn2cc(C=Cc3ccc([N+](=O)[O-])c(OCc4ccccc4)c3)nc2c1. The molecule has 0 spiro atoms. The first-order valence-electron chi connectivity index (χ1n) is 9.17. The van der Waals surface area contributed by atoms with Crippen molar-refractivity contribution in [3.63, 3.8) is 0 Å². The summed E-state index contributed by atoms with van der Waals surface area (Å²) in [6.07, 6.45) is 7.65. The first-order valence-corrected chi connectivity index (χ1v) is 9.17. The van der Waals surface area contributed by atoms with E-state index in [4.69, 9.17) is 4.74 Å². The van der Waals surface area contributed by atoms with Crippen LogP contribution in [0.2, 0.25) is 0 Å². The fourth-order valence-corrected chi connectivity index (χ4v) is 3.00. The van der Waals surface area contributed by atoms with Gasteiger partial charge in [0, 0.05) is 18.5 Å². The van der Waals surface area contributed by atoms with Crippen LogP contribution in [0.1, 0.15) is 22.4 Å². The Bertz CT molecular complexity index is 1200. The van der Waals surface area contributed by atoms with Crippen LogP contribution in [0, 0.1) is 17.0 Å². The smallest absolute Gasteiger partial charge is 0.310 e. The average Bonchev–Trinajstić information content (AvgIpc) is 3.13. The van der Waals surface area contributed by atoms with Gasteiger partial charge < -0.3 is 9.14 Å². The number of fused-ring (bicyclic) bond motifs is 1. The highest BCUT2D eigenvalue weighted by atomic mass is 16.6. The van der Waals surface area contributed by atoms with Gasteiger partial charge >= 0.3 is 5.69 Å². The monoisotopic (exact) mass is 385 g/mol. The Kier molecular flexibility index (Phi) is 5.07. The van der Waals surface area contributed by atoms with E-state index in [2.05, 4.69) is 4.98 Å². The van der Waals surface area contributed by atoms with E-state index in [1.54, 1.807) is 12.1 Å². The fourth-order valence-electron chi connectivity index (χ4n) is 3.00. The summed E-state index contributed by atoms with van der Waals surface area (Å²) in [5.74, 6) is 0.242. The van der Waals surface area contributed by atoms with E-state index in [9.17, 15) is 10.1 Å². The van der Waals surface area contributed by atoms with Crippen molar-refractivity contribution in [3.8, 4) is 5.75 Å². The van der Waals surface area contributed by atoms with Gasteiger partial charge in [-0.15, -0.1) is 0 Å². The van der Waals surface area contributed by atoms with Gasteiger partial charge in [0.1, 0.15) is 12.3 Å². The summed E-state index contributed by atoms with van der Waals surface area (Å²) in [6, 6.07) is 18.4. The molecular weight excluding hydrogens is 366 g/mol. The molecule has 0 aliphatic rings. The molecule has 0 fully saturated rings. The molecule has 0 saturated carbocycles. The maximum absolute atomic E-state index is 11.3. The number of aromatic nitrogens is 2. The van der Waals surface area contributed by atoms with Crippen LogP contribution in [0.5, 0.6) is 5.75 Å². The number of aryl methyl sites for hydroxylation is 1. The van der Waals surface area contributed by atoms with E-state index >= 15 is 0 Å². The van der Waals surface area contributed by atoms with Gasteiger partial charge in [-0.25, -0.2) is 4.98 Å². The number of nitro groups is 1. The molecule has 144 valence electrons. The van der Waals surface area contributed by atoms with Crippen molar-refractivity contribution in [1.29, 1.82) is 0 Å². The summed E-state index contributed by atoms with van der Waals surface area (Å²) >= 11 is 0. The second-order valence-electron chi connectivity index (χ2n) is 6.73. The summed E-state index contributed by atoms with van der Waals surface area (Å²) in [7, 11) is 0. The normalized spacial score (nSPS) is 11.2. The van der Waals surface area contributed by atoms with Crippen molar-refractivity contribution >= 4 is 23.5 Å². The number of pyridine rings is 1. The molecule has 0 aliphatic heterocycles. The van der Waals surface area contributed by atoms with E-state index in [1.807, 2.05) is 78.3 Å². The second kappa shape index (κ2) is 7.98. The number of ether oxygens (including phenoxy) is 1. The fraction of sp³-hybridized carbons (Fsp3) is 0.0870. The van der Waals surface area contributed by atoms with Gasteiger partial charge in [-0.3, -0.25) is 10.1 Å². The lowest BCUT2D eigenvalue weighted by Crippen LogP contribution is -1.99. The first kappa shape index (κ1) is 18.4. The molecule has 6 nitrogen and oxygen atoms in total. The predicted octanol–water partition coefficient (Wildman–Crippen LogP) is 5.30. The van der Waals surface area contributed by atoms with Crippen LogP contribution >= 0.6 is 0 Å². The molecule has 0 amide bonds. The van der Waals surface area contributed by atoms with Crippen molar-refractivity contribution < 1.29 is 9.66 Å². The van der Waals surface area contributed by atoms with E-state index in [-0.39, 0.29) is 18.0 Å². The lowest BCUT2D eigenvalue weighted by atomic mass is 10.1. The molecule has 29 heavy (non-hydrogen) atoms. The van der Waals surface area contributed by atoms with Crippen LogP contribution in [0.3, 0.4) is 0 Å². The highest BCUT2D eigenvalue weighted by molar-refractivity contribution is 5.71. The standard InChI is InChI=1S/C23H19N3O3/c1-17-11-12-25-15-20(24-23(25)13-17)9-7-18-8-10-21(26(27)28)22(14-18)29-16-19-5-3-2-4-6-19/h2-15H,16H2,1H3. The van der Waals surface area contributed by atoms with E-state index in [0.717, 1.165) is 28.0 Å². The Labute approximate surface area is 167 Å². The third-order valence-corrected chi connectivity index (χ3v) is 4.50. The van der Waals surface area contributed by atoms with Crippen molar-refractivity contribution in [2.45, 2.75) is 13.5 Å². The van der Waals surface area contributed by atoms with Crippen molar-refractivity contribution in [2.75, 3.05) is 0 Å². The molecule has 2 heterocycles. The minimum absolute atomic E-state index is 0.0544. The summed E-state index contributed by atoms with van der Waals surface area (Å²) < 4.78 is 7.70. The number of benzene rings is 2. The number of hydrogen-bond donors (Lipinski definition) is 0. The summed E-state index contributed by atoms with van der Waals surface area (Å²) in [6.45, 7) is 2.29. The van der Waals surface area contributed by atoms with Crippen molar-refractivity contribution in [2.24, 2.45) is 0 Å². The lowest BCUT2D eigenvalue weighted by molar-refractivity contribution is -0.385. The zero-order chi connectivity index (χ0) is 20.2. The van der Waals surface area contributed by atoms with Crippen LogP contribution in [0.15, 0.2) is 73.1 Å². The molecule has 2 aromatic heterocycles. The maximum Gasteiger partial charge on any atom is 0.310 e. The van der Waals surface area contributed by atoms with Gasteiger partial charge in [-0.1, -0.05) is 36.4 Å². The second-order valence-corrected chi connectivity index (χ2v) is 6.73. The molecule has 4 aromatic rings. The summed E-state index contributed by atoms with van der Waals surface area (Å²) in [5.41, 5.74) is 4.52. The van der Waals surface area contributed by atoms with Crippen LogP contribution in [-0.4, -0.2) is 14.3 Å². The number of hydrogen-bond acceptors (Lipinski definition) is 4. The Morgan fingerprint density at radius 3 is 2.72 bits per heavy atom. The molecule has 0 radical (unpaired) electrons. The Morgan fingerprint density at radius 1 is 1.10 bits per heavy atom. The molecule has 0 unspecified atom stereocenters. The molecule has 0 aliphatic carbocycles. The third kappa shape index (κ3) is 4.32. The van der Waals surface area contributed by atoms with Gasteiger partial charge in [-0.05, 0) is 54.0 Å². The van der Waals surface area contributed by atoms with Crippen molar-refractivity contribution in [1.82, 2.24) is 9.38 Å². The van der Waals surface area contributed by atoms with Gasteiger partial charge in [-0.2, -0.15) is 0 Å². The molecule has 2 aromatic carbocycles.